The highest BCUT2D eigenvalue weighted by atomic mass is 32.2. The molecular weight excluding hydrogens is 617 g/mol. The molecule has 0 bridgehead atoms. The van der Waals surface area contributed by atoms with Crippen LogP contribution >= 0.6 is 11.3 Å². The number of carbonyl (C=O) groups excluding carboxylic acids is 1. The first-order chi connectivity index (χ1) is 20.8. The number of benzene rings is 1. The molecule has 10 nitrogen and oxygen atoms in total. The quantitative estimate of drug-likeness (QED) is 0.402. The van der Waals surface area contributed by atoms with Gasteiger partial charge in [-0.3, -0.25) is 4.79 Å². The Morgan fingerprint density at radius 3 is 2.52 bits per heavy atom. The van der Waals surface area contributed by atoms with Crippen LogP contribution in [-0.2, 0) is 27.2 Å². The lowest BCUT2D eigenvalue weighted by Crippen LogP contribution is -2.54. The van der Waals surface area contributed by atoms with E-state index in [-0.39, 0.29) is 52.2 Å². The molecule has 236 valence electrons. The van der Waals surface area contributed by atoms with Crippen LogP contribution in [0.1, 0.15) is 41.6 Å². The van der Waals surface area contributed by atoms with Gasteiger partial charge in [-0.15, -0.1) is 11.3 Å². The molecule has 1 amide bonds. The van der Waals surface area contributed by atoms with Crippen LogP contribution in [0.3, 0.4) is 0 Å². The van der Waals surface area contributed by atoms with Gasteiger partial charge in [0.05, 0.1) is 40.5 Å². The largest absolute Gasteiger partial charge is 0.420 e. The van der Waals surface area contributed by atoms with Gasteiger partial charge in [0, 0.05) is 49.3 Å². The number of alkyl halides is 3. The fraction of sp³-hybridized carbons (Fsp3) is 0.483. The summed E-state index contributed by atoms with van der Waals surface area (Å²) in [5.74, 6) is -0.943. The van der Waals surface area contributed by atoms with Gasteiger partial charge in [-0.1, -0.05) is 6.92 Å². The third-order valence-corrected chi connectivity index (χ3v) is 11.1. The van der Waals surface area contributed by atoms with Gasteiger partial charge in [-0.25, -0.2) is 18.4 Å². The molecule has 1 aromatic carbocycles. The average molecular weight is 651 g/mol. The van der Waals surface area contributed by atoms with Crippen molar-refractivity contribution in [2.24, 2.45) is 0 Å². The van der Waals surface area contributed by atoms with Crippen LogP contribution in [-0.4, -0.2) is 85.9 Å². The molecule has 5 heterocycles. The predicted molar refractivity (Wildman–Crippen MR) is 161 cm³/mol. The van der Waals surface area contributed by atoms with E-state index in [1.165, 1.54) is 4.90 Å². The fourth-order valence-electron chi connectivity index (χ4n) is 5.87. The first-order valence-electron chi connectivity index (χ1n) is 14.4. The highest BCUT2D eigenvalue weighted by molar-refractivity contribution is 7.91. The molecule has 3 aliphatic heterocycles. The van der Waals surface area contributed by atoms with Gasteiger partial charge in [0.1, 0.15) is 10.4 Å². The maximum Gasteiger partial charge on any atom is 0.420 e. The average Bonchev–Trinajstić information content (AvgIpc) is 3.36. The first kappa shape index (κ1) is 30.7. The van der Waals surface area contributed by atoms with Crippen LogP contribution in [0.5, 0.6) is 0 Å². The second kappa shape index (κ2) is 11.6. The Balaban J connectivity index is 1.36. The Labute approximate surface area is 257 Å². The number of fused-ring (bicyclic) bond motifs is 1. The van der Waals surface area contributed by atoms with E-state index in [1.807, 2.05) is 19.1 Å². The predicted octanol–water partition coefficient (Wildman–Crippen LogP) is 4.34. The molecule has 0 saturated carbocycles. The highest BCUT2D eigenvalue weighted by Gasteiger charge is 2.41. The zero-order valence-corrected chi connectivity index (χ0v) is 26.1. The SMILES string of the molecule is CCc1cc(N2C[C@@H](C)N[C@@H](C)C2)ccc1Nc1ncc(C(F)(F)F)c(-c2cc3c(s2)C(=O)N(C2COC2)CCS3(=O)=O)n1. The molecule has 2 atom stereocenters. The number of aromatic nitrogens is 2. The lowest BCUT2D eigenvalue weighted by Gasteiger charge is -2.38. The van der Waals surface area contributed by atoms with Crippen molar-refractivity contribution in [1.82, 2.24) is 20.2 Å². The summed E-state index contributed by atoms with van der Waals surface area (Å²) in [6.45, 7) is 8.51. The van der Waals surface area contributed by atoms with Crippen LogP contribution in [0.15, 0.2) is 35.4 Å². The Kier molecular flexibility index (Phi) is 8.09. The van der Waals surface area contributed by atoms with Crippen LogP contribution in [0.2, 0.25) is 0 Å². The Bertz CT molecular complexity index is 1680. The van der Waals surface area contributed by atoms with Gasteiger partial charge in [0.2, 0.25) is 5.95 Å². The molecule has 2 fully saturated rings. The van der Waals surface area contributed by atoms with Crippen LogP contribution < -0.4 is 15.5 Å². The van der Waals surface area contributed by atoms with Crippen molar-refractivity contribution < 1.29 is 31.1 Å². The van der Waals surface area contributed by atoms with Gasteiger partial charge in [-0.05, 0) is 50.1 Å². The number of ether oxygens (including phenoxy) is 1. The maximum absolute atomic E-state index is 14.2. The van der Waals surface area contributed by atoms with Gasteiger partial charge >= 0.3 is 6.18 Å². The number of amides is 1. The van der Waals surface area contributed by atoms with Crippen molar-refractivity contribution in [1.29, 1.82) is 0 Å². The lowest BCUT2D eigenvalue weighted by molar-refractivity contribution is -0.137. The number of aryl methyl sites for hydroxylation is 1. The first-order valence-corrected chi connectivity index (χ1v) is 16.9. The second-order valence-corrected chi connectivity index (χ2v) is 14.6. The van der Waals surface area contributed by atoms with E-state index >= 15 is 0 Å². The molecule has 0 aliphatic carbocycles. The minimum atomic E-state index is -4.82. The Morgan fingerprint density at radius 1 is 1.16 bits per heavy atom. The summed E-state index contributed by atoms with van der Waals surface area (Å²) in [7, 11) is -3.93. The third kappa shape index (κ3) is 5.89. The number of hydrogen-bond acceptors (Lipinski definition) is 10. The maximum atomic E-state index is 14.2. The molecule has 15 heteroatoms. The van der Waals surface area contributed by atoms with E-state index in [1.54, 1.807) is 0 Å². The summed E-state index contributed by atoms with van der Waals surface area (Å²) in [6, 6.07) is 7.40. The number of thiophene rings is 1. The lowest BCUT2D eigenvalue weighted by atomic mass is 10.1. The van der Waals surface area contributed by atoms with Crippen molar-refractivity contribution in [3.63, 3.8) is 0 Å². The second-order valence-electron chi connectivity index (χ2n) is 11.5. The normalized spacial score (nSPS) is 22.4. The molecule has 2 aromatic heterocycles. The number of sulfone groups is 1. The smallest absolute Gasteiger partial charge is 0.377 e. The fourth-order valence-corrected chi connectivity index (χ4v) is 8.79. The molecule has 6 rings (SSSR count). The van der Waals surface area contributed by atoms with E-state index in [0.29, 0.717) is 41.7 Å². The van der Waals surface area contributed by atoms with E-state index in [4.69, 9.17) is 4.74 Å². The van der Waals surface area contributed by atoms with E-state index in [9.17, 15) is 26.4 Å². The van der Waals surface area contributed by atoms with Gasteiger partial charge in [0.15, 0.2) is 9.84 Å². The summed E-state index contributed by atoms with van der Waals surface area (Å²) in [6.07, 6.45) is -3.48. The molecular formula is C29H33F3N6O4S2. The Morgan fingerprint density at radius 2 is 1.89 bits per heavy atom. The third-order valence-electron chi connectivity index (χ3n) is 8.12. The van der Waals surface area contributed by atoms with E-state index in [0.717, 1.165) is 30.4 Å². The number of anilines is 3. The number of nitrogens with zero attached hydrogens (tertiary/aromatic N) is 4. The van der Waals surface area contributed by atoms with Gasteiger partial charge in [-0.2, -0.15) is 13.2 Å². The number of hydrogen-bond donors (Lipinski definition) is 2. The molecule has 0 spiro atoms. The summed E-state index contributed by atoms with van der Waals surface area (Å²) in [4.78, 5) is 24.9. The van der Waals surface area contributed by atoms with Gasteiger partial charge in [0.25, 0.3) is 5.91 Å². The van der Waals surface area contributed by atoms with Crippen LogP contribution in [0, 0.1) is 0 Å². The molecule has 0 radical (unpaired) electrons. The number of halogens is 3. The molecule has 44 heavy (non-hydrogen) atoms. The molecule has 0 unspecified atom stereocenters. The van der Waals surface area contributed by atoms with Crippen molar-refractivity contribution in [2.45, 2.75) is 56.4 Å². The zero-order valence-electron chi connectivity index (χ0n) is 24.4. The molecule has 2 N–H and O–H groups in total. The summed E-state index contributed by atoms with van der Waals surface area (Å²) in [5, 5.41) is 6.59. The van der Waals surface area contributed by atoms with Crippen LogP contribution in [0.4, 0.5) is 30.5 Å². The summed E-state index contributed by atoms with van der Waals surface area (Å²) < 4.78 is 73.9. The Hall–Kier alpha value is -3.27. The minimum absolute atomic E-state index is 0.00739. The van der Waals surface area contributed by atoms with E-state index < -0.39 is 33.2 Å². The highest BCUT2D eigenvalue weighted by Crippen LogP contribution is 2.42. The molecule has 2 saturated heterocycles. The van der Waals surface area contributed by atoms with Crippen molar-refractivity contribution >= 4 is 44.4 Å². The summed E-state index contributed by atoms with van der Waals surface area (Å²) >= 11 is 0.699. The molecule has 3 aromatic rings. The minimum Gasteiger partial charge on any atom is -0.377 e. The zero-order chi connectivity index (χ0) is 31.4. The van der Waals surface area contributed by atoms with Gasteiger partial charge < -0.3 is 25.2 Å². The van der Waals surface area contributed by atoms with Crippen LogP contribution in [0.25, 0.3) is 10.6 Å². The van der Waals surface area contributed by atoms with Crippen molar-refractivity contribution in [3.05, 3.63) is 46.5 Å². The molecule has 3 aliphatic rings. The number of piperazine rings is 1. The number of carbonyl (C=O) groups is 1. The summed E-state index contributed by atoms with van der Waals surface area (Å²) in [5.41, 5.74) is 1.02. The van der Waals surface area contributed by atoms with E-state index in [2.05, 4.69) is 45.4 Å². The monoisotopic (exact) mass is 650 g/mol. The van der Waals surface area contributed by atoms with Crippen molar-refractivity contribution in [3.8, 4) is 10.6 Å². The number of nitrogens with one attached hydrogen (secondary N) is 2. The standard InChI is InChI=1S/C29H33F3N6O4S2/c1-4-18-9-19(37-12-16(2)34-17(3)13-37)5-6-22(18)35-28-33-11-21(29(30,31)32)25(36-28)23-10-24-26(43-23)27(39)38(20-14-42-15-20)7-8-44(24,40)41/h5-6,9-11,16-17,20,34H,4,7-8,12-15H2,1-3H3,(H,33,35,36)/t16-,17+. The number of rotatable bonds is 6. The topological polar surface area (TPSA) is 117 Å². The van der Waals surface area contributed by atoms with Crippen molar-refractivity contribution in [2.75, 3.05) is 48.8 Å².